The Morgan fingerprint density at radius 2 is 2.12 bits per heavy atom. The van der Waals surface area contributed by atoms with Gasteiger partial charge in [-0.15, -0.1) is 6.58 Å². The van der Waals surface area contributed by atoms with Crippen LogP contribution < -0.4 is 5.32 Å². The second-order valence-electron chi connectivity index (χ2n) is 5.43. The van der Waals surface area contributed by atoms with E-state index in [1.165, 1.54) is 64.7 Å². The van der Waals surface area contributed by atoms with Gasteiger partial charge in [-0.05, 0) is 57.5 Å². The highest BCUT2D eigenvalue weighted by molar-refractivity contribution is 4.82. The van der Waals surface area contributed by atoms with E-state index in [1.54, 1.807) is 0 Å². The molecule has 2 fully saturated rings. The number of rotatable bonds is 8. The van der Waals surface area contributed by atoms with E-state index in [4.69, 9.17) is 0 Å². The maximum atomic E-state index is 3.80. The maximum Gasteiger partial charge on any atom is 0.0195 e. The van der Waals surface area contributed by atoms with Crippen molar-refractivity contribution in [3.63, 3.8) is 0 Å². The van der Waals surface area contributed by atoms with Gasteiger partial charge in [-0.3, -0.25) is 0 Å². The Kier molecular flexibility index (Phi) is 4.86. The molecular weight excluding hydrogens is 196 g/mol. The summed E-state index contributed by atoms with van der Waals surface area (Å²) in [5.41, 5.74) is 0. The first-order valence-corrected chi connectivity index (χ1v) is 6.95. The molecule has 1 N–H and O–H groups in total. The number of allylic oxidation sites excluding steroid dienone is 1. The van der Waals surface area contributed by atoms with Gasteiger partial charge in [-0.1, -0.05) is 6.08 Å². The Morgan fingerprint density at radius 1 is 1.25 bits per heavy atom. The van der Waals surface area contributed by atoms with Gasteiger partial charge in [0.25, 0.3) is 0 Å². The predicted molar refractivity (Wildman–Crippen MR) is 69.6 cm³/mol. The van der Waals surface area contributed by atoms with E-state index in [0.29, 0.717) is 0 Å². The van der Waals surface area contributed by atoms with Crippen molar-refractivity contribution >= 4 is 0 Å². The van der Waals surface area contributed by atoms with Crippen molar-refractivity contribution < 1.29 is 0 Å². The van der Waals surface area contributed by atoms with Crippen molar-refractivity contribution in [1.29, 1.82) is 0 Å². The smallest absolute Gasteiger partial charge is 0.0195 e. The molecular formula is C14H26N2. The second kappa shape index (κ2) is 6.41. The number of unbranched alkanes of at least 4 members (excludes halogenated alkanes) is 1. The summed E-state index contributed by atoms with van der Waals surface area (Å²) in [4.78, 5) is 2.68. The lowest BCUT2D eigenvalue weighted by atomic mass is 10.2. The van der Waals surface area contributed by atoms with Gasteiger partial charge < -0.3 is 10.2 Å². The second-order valence-corrected chi connectivity index (χ2v) is 5.43. The molecule has 1 saturated heterocycles. The molecule has 0 amide bonds. The quantitative estimate of drug-likeness (QED) is 0.501. The first kappa shape index (κ1) is 12.1. The fourth-order valence-corrected chi connectivity index (χ4v) is 2.61. The molecule has 92 valence electrons. The standard InChI is InChI=1S/C14H26N2/c1-2-3-4-10-16(11-13-7-8-13)12-14-6-5-9-15-14/h2,13-15H,1,3-12H2. The molecule has 0 radical (unpaired) electrons. The molecule has 1 heterocycles. The molecule has 2 heteroatoms. The highest BCUT2D eigenvalue weighted by atomic mass is 15.2. The van der Waals surface area contributed by atoms with Crippen LogP contribution in [0.3, 0.4) is 0 Å². The van der Waals surface area contributed by atoms with Gasteiger partial charge in [0, 0.05) is 19.1 Å². The van der Waals surface area contributed by atoms with E-state index in [9.17, 15) is 0 Å². The average Bonchev–Trinajstić information content (AvgIpc) is 2.93. The van der Waals surface area contributed by atoms with E-state index in [1.807, 2.05) is 6.08 Å². The van der Waals surface area contributed by atoms with Gasteiger partial charge in [0.05, 0.1) is 0 Å². The van der Waals surface area contributed by atoms with E-state index in [0.717, 1.165) is 12.0 Å². The van der Waals surface area contributed by atoms with Gasteiger partial charge in [-0.25, -0.2) is 0 Å². The van der Waals surface area contributed by atoms with E-state index in [-0.39, 0.29) is 0 Å². The zero-order valence-electron chi connectivity index (χ0n) is 10.5. The normalized spacial score (nSPS) is 25.2. The summed E-state index contributed by atoms with van der Waals surface area (Å²) >= 11 is 0. The molecule has 2 nitrogen and oxygen atoms in total. The number of hydrogen-bond donors (Lipinski definition) is 1. The maximum absolute atomic E-state index is 3.80. The van der Waals surface area contributed by atoms with Crippen LogP contribution >= 0.6 is 0 Å². The molecule has 1 saturated carbocycles. The molecule has 0 aromatic heterocycles. The molecule has 1 aliphatic heterocycles. The van der Waals surface area contributed by atoms with Crippen LogP contribution in [0.25, 0.3) is 0 Å². The van der Waals surface area contributed by atoms with Gasteiger partial charge >= 0.3 is 0 Å². The third-order valence-electron chi connectivity index (χ3n) is 3.74. The topological polar surface area (TPSA) is 15.3 Å². The minimum atomic E-state index is 0.766. The van der Waals surface area contributed by atoms with Crippen LogP contribution in [0.5, 0.6) is 0 Å². The van der Waals surface area contributed by atoms with Crippen LogP contribution in [0.15, 0.2) is 12.7 Å². The van der Waals surface area contributed by atoms with Crippen molar-refractivity contribution in [3.05, 3.63) is 12.7 Å². The zero-order chi connectivity index (χ0) is 11.2. The molecule has 0 bridgehead atoms. The number of nitrogens with zero attached hydrogens (tertiary/aromatic N) is 1. The highest BCUT2D eigenvalue weighted by Gasteiger charge is 2.26. The Labute approximate surface area is 100 Å². The largest absolute Gasteiger partial charge is 0.313 e. The molecule has 0 aromatic carbocycles. The third kappa shape index (κ3) is 4.26. The van der Waals surface area contributed by atoms with Crippen molar-refractivity contribution in [2.24, 2.45) is 5.92 Å². The van der Waals surface area contributed by atoms with Crippen LogP contribution in [-0.4, -0.2) is 37.1 Å². The van der Waals surface area contributed by atoms with E-state index in [2.05, 4.69) is 16.8 Å². The predicted octanol–water partition coefficient (Wildman–Crippen LogP) is 2.42. The van der Waals surface area contributed by atoms with Crippen molar-refractivity contribution in [3.8, 4) is 0 Å². The van der Waals surface area contributed by atoms with Crippen LogP contribution in [-0.2, 0) is 0 Å². The summed E-state index contributed by atoms with van der Waals surface area (Å²) in [6.07, 6.45) is 10.2. The summed E-state index contributed by atoms with van der Waals surface area (Å²) in [6.45, 7) is 8.91. The van der Waals surface area contributed by atoms with Crippen LogP contribution in [0.2, 0.25) is 0 Å². The zero-order valence-corrected chi connectivity index (χ0v) is 10.5. The summed E-state index contributed by atoms with van der Waals surface area (Å²) < 4.78 is 0. The van der Waals surface area contributed by atoms with Crippen LogP contribution in [0.4, 0.5) is 0 Å². The molecule has 16 heavy (non-hydrogen) atoms. The third-order valence-corrected chi connectivity index (χ3v) is 3.74. The lowest BCUT2D eigenvalue weighted by Gasteiger charge is -2.25. The summed E-state index contributed by atoms with van der Waals surface area (Å²) in [6, 6.07) is 0.766. The molecule has 1 atom stereocenters. The van der Waals surface area contributed by atoms with Gasteiger partial charge in [0.1, 0.15) is 0 Å². The van der Waals surface area contributed by atoms with E-state index >= 15 is 0 Å². The summed E-state index contributed by atoms with van der Waals surface area (Å²) in [5.74, 6) is 1.02. The SMILES string of the molecule is C=CCCCN(CC1CC1)CC1CCCN1. The van der Waals surface area contributed by atoms with Gasteiger partial charge in [-0.2, -0.15) is 0 Å². The molecule has 0 spiro atoms. The minimum Gasteiger partial charge on any atom is -0.313 e. The molecule has 1 aliphatic carbocycles. The van der Waals surface area contributed by atoms with Gasteiger partial charge in [0.15, 0.2) is 0 Å². The summed E-state index contributed by atoms with van der Waals surface area (Å²) in [5, 5.41) is 3.61. The minimum absolute atomic E-state index is 0.766. The van der Waals surface area contributed by atoms with Crippen LogP contribution in [0, 0.1) is 5.92 Å². The van der Waals surface area contributed by atoms with Gasteiger partial charge in [0.2, 0.25) is 0 Å². The Hall–Kier alpha value is -0.340. The molecule has 2 rings (SSSR count). The molecule has 1 unspecified atom stereocenters. The van der Waals surface area contributed by atoms with E-state index < -0.39 is 0 Å². The Balaban J connectivity index is 1.68. The van der Waals surface area contributed by atoms with Crippen LogP contribution in [0.1, 0.15) is 38.5 Å². The summed E-state index contributed by atoms with van der Waals surface area (Å²) in [7, 11) is 0. The van der Waals surface area contributed by atoms with Crippen molar-refractivity contribution in [1.82, 2.24) is 10.2 Å². The fourth-order valence-electron chi connectivity index (χ4n) is 2.61. The average molecular weight is 222 g/mol. The monoisotopic (exact) mass is 222 g/mol. The molecule has 0 aromatic rings. The van der Waals surface area contributed by atoms with Crippen molar-refractivity contribution in [2.75, 3.05) is 26.2 Å². The molecule has 2 aliphatic rings. The number of nitrogens with one attached hydrogen (secondary N) is 1. The Morgan fingerprint density at radius 3 is 2.75 bits per heavy atom. The lowest BCUT2D eigenvalue weighted by molar-refractivity contribution is 0.238. The fraction of sp³-hybridized carbons (Fsp3) is 0.857. The lowest BCUT2D eigenvalue weighted by Crippen LogP contribution is -2.39. The van der Waals surface area contributed by atoms with Crippen molar-refractivity contribution in [2.45, 2.75) is 44.6 Å². The Bertz CT molecular complexity index is 205. The highest BCUT2D eigenvalue weighted by Crippen LogP contribution is 2.30. The first-order chi connectivity index (χ1) is 7.88. The first-order valence-electron chi connectivity index (χ1n) is 6.95. The number of hydrogen-bond acceptors (Lipinski definition) is 2.